The number of alkyl carbamates (subject to hydrolysis) is 1. The maximum atomic E-state index is 12.3. The van der Waals surface area contributed by atoms with Crippen LogP contribution in [0.15, 0.2) is 9.59 Å². The highest BCUT2D eigenvalue weighted by Crippen LogP contribution is 2.29. The molecule has 152 valence electrons. The number of nitrogens with one attached hydrogen (secondary N) is 1. The number of carbonyl (C=O) groups is 1. The summed E-state index contributed by atoms with van der Waals surface area (Å²) in [5.41, 5.74) is -0.611. The van der Waals surface area contributed by atoms with Crippen molar-refractivity contribution in [2.45, 2.75) is 64.5 Å². The Kier molecular flexibility index (Phi) is 6.54. The number of hydrogen-bond acceptors (Lipinski definition) is 6. The summed E-state index contributed by atoms with van der Waals surface area (Å²) >= 11 is 0. The lowest BCUT2D eigenvalue weighted by Crippen LogP contribution is -2.52. The quantitative estimate of drug-likeness (QED) is 0.764. The van der Waals surface area contributed by atoms with Gasteiger partial charge in [-0.3, -0.25) is 9.59 Å². The first-order valence-corrected chi connectivity index (χ1v) is 9.72. The van der Waals surface area contributed by atoms with Gasteiger partial charge in [-0.15, -0.1) is 0 Å². The number of ether oxygens (including phenoxy) is 1. The van der Waals surface area contributed by atoms with Gasteiger partial charge in [-0.05, 0) is 39.5 Å². The Morgan fingerprint density at radius 3 is 2.15 bits per heavy atom. The lowest BCUT2D eigenvalue weighted by molar-refractivity contribution is 0.0480. The Balaban J connectivity index is 2.16. The summed E-state index contributed by atoms with van der Waals surface area (Å²) in [7, 11) is 5.31. The first kappa shape index (κ1) is 21.3. The van der Waals surface area contributed by atoms with Gasteiger partial charge in [0.15, 0.2) is 0 Å². The molecule has 0 radical (unpaired) electrons. The molecule has 0 bridgehead atoms. The van der Waals surface area contributed by atoms with Gasteiger partial charge in [0.05, 0.1) is 6.04 Å². The van der Waals surface area contributed by atoms with E-state index in [0.29, 0.717) is 23.8 Å². The van der Waals surface area contributed by atoms with E-state index in [1.54, 1.807) is 30.9 Å². The van der Waals surface area contributed by atoms with Crippen LogP contribution in [0, 0.1) is 5.92 Å². The molecule has 2 rings (SSSR count). The van der Waals surface area contributed by atoms with Crippen LogP contribution >= 0.6 is 0 Å². The molecule has 1 aromatic carbocycles. The lowest BCUT2D eigenvalue weighted by Gasteiger charge is -2.35. The van der Waals surface area contributed by atoms with Gasteiger partial charge < -0.3 is 19.9 Å². The smallest absolute Gasteiger partial charge is 0.407 e. The van der Waals surface area contributed by atoms with E-state index in [1.807, 2.05) is 20.8 Å². The molecule has 1 unspecified atom stereocenters. The predicted molar refractivity (Wildman–Crippen MR) is 109 cm³/mol. The highest BCUT2D eigenvalue weighted by molar-refractivity contribution is 5.76. The summed E-state index contributed by atoms with van der Waals surface area (Å²) < 4.78 is 5.43. The zero-order valence-corrected chi connectivity index (χ0v) is 17.4. The molecule has 1 aromatic rings. The maximum absolute atomic E-state index is 12.3. The number of anilines is 2. The zero-order valence-electron chi connectivity index (χ0n) is 17.4. The van der Waals surface area contributed by atoms with Crippen LogP contribution in [-0.4, -0.2) is 45.4 Å². The lowest BCUT2D eigenvalue weighted by atomic mass is 9.83. The fourth-order valence-electron chi connectivity index (χ4n) is 3.83. The van der Waals surface area contributed by atoms with E-state index in [1.165, 1.54) is 6.42 Å². The molecule has 0 spiro atoms. The molecular formula is C20H33N3O4. The van der Waals surface area contributed by atoms with Crippen LogP contribution in [0.4, 0.5) is 16.2 Å². The largest absolute Gasteiger partial charge is 0.444 e. The van der Waals surface area contributed by atoms with Gasteiger partial charge in [0.25, 0.3) is 10.9 Å². The standard InChI is InChI=1S/C20H33N3O4/c1-20(2,3)27-19(26)21-14(13-10-8-7-9-11-13)12-23(6)16-15(22(4)5)17(24)18(16)25/h13-14H,7-12H2,1-6H3,(H,21,26). The minimum Gasteiger partial charge on any atom is -0.444 e. The van der Waals surface area contributed by atoms with E-state index in [0.717, 1.165) is 25.7 Å². The van der Waals surface area contributed by atoms with Crippen molar-refractivity contribution in [2.24, 2.45) is 5.92 Å². The second-order valence-electron chi connectivity index (χ2n) is 8.78. The number of amides is 1. The van der Waals surface area contributed by atoms with Gasteiger partial charge in [-0.1, -0.05) is 19.3 Å². The van der Waals surface area contributed by atoms with Crippen LogP contribution in [0.1, 0.15) is 52.9 Å². The van der Waals surface area contributed by atoms with Crippen LogP contribution in [0.2, 0.25) is 0 Å². The molecule has 27 heavy (non-hydrogen) atoms. The molecule has 1 aliphatic rings. The maximum Gasteiger partial charge on any atom is 0.407 e. The number of likely N-dealkylation sites (N-methyl/N-ethyl adjacent to an activating group) is 1. The third kappa shape index (κ3) is 5.23. The van der Waals surface area contributed by atoms with Crippen molar-refractivity contribution in [3.8, 4) is 0 Å². The van der Waals surface area contributed by atoms with Crippen molar-refractivity contribution in [2.75, 3.05) is 37.5 Å². The van der Waals surface area contributed by atoms with E-state index in [4.69, 9.17) is 4.74 Å². The van der Waals surface area contributed by atoms with Gasteiger partial charge in [0, 0.05) is 27.7 Å². The summed E-state index contributed by atoms with van der Waals surface area (Å²) in [6, 6.07) is -0.135. The third-order valence-corrected chi connectivity index (χ3v) is 5.08. The Morgan fingerprint density at radius 2 is 1.63 bits per heavy atom. The Hall–Kier alpha value is -2.05. The fraction of sp³-hybridized carbons (Fsp3) is 0.750. The zero-order chi connectivity index (χ0) is 20.4. The molecule has 0 heterocycles. The molecule has 7 heteroatoms. The van der Waals surface area contributed by atoms with E-state index in [9.17, 15) is 14.4 Å². The molecule has 1 aliphatic carbocycles. The Morgan fingerprint density at radius 1 is 1.07 bits per heavy atom. The minimum absolute atomic E-state index is 0.135. The molecule has 7 nitrogen and oxygen atoms in total. The highest BCUT2D eigenvalue weighted by atomic mass is 16.6. The first-order chi connectivity index (χ1) is 12.5. The van der Waals surface area contributed by atoms with Crippen LogP contribution in [0.3, 0.4) is 0 Å². The Bertz CT molecular complexity index is 722. The molecule has 0 saturated heterocycles. The summed E-state index contributed by atoms with van der Waals surface area (Å²) in [4.78, 5) is 39.8. The minimum atomic E-state index is -0.565. The van der Waals surface area contributed by atoms with Gasteiger partial charge in [0.1, 0.15) is 17.0 Å². The van der Waals surface area contributed by atoms with Crippen molar-refractivity contribution < 1.29 is 9.53 Å². The summed E-state index contributed by atoms with van der Waals surface area (Å²) in [6.07, 6.45) is 5.15. The number of carbonyl (C=O) groups excluding carboxylic acids is 1. The summed E-state index contributed by atoms with van der Waals surface area (Å²) in [5.74, 6) is 0.336. The third-order valence-electron chi connectivity index (χ3n) is 5.08. The number of rotatable bonds is 6. The SMILES string of the molecule is CN(C)c1c(N(C)CC(NC(=O)OC(C)(C)C)C2CCCCC2)c(=O)c1=O. The topological polar surface area (TPSA) is 79.0 Å². The van der Waals surface area contributed by atoms with Crippen LogP contribution in [-0.2, 0) is 4.74 Å². The monoisotopic (exact) mass is 379 g/mol. The van der Waals surface area contributed by atoms with Gasteiger partial charge in [-0.2, -0.15) is 0 Å². The molecule has 1 saturated carbocycles. The van der Waals surface area contributed by atoms with Crippen LogP contribution in [0.5, 0.6) is 0 Å². The summed E-state index contributed by atoms with van der Waals surface area (Å²) in [5, 5.41) is 3.01. The molecule has 1 N–H and O–H groups in total. The van der Waals surface area contributed by atoms with Crippen molar-refractivity contribution >= 4 is 17.5 Å². The average molecular weight is 380 g/mol. The van der Waals surface area contributed by atoms with Gasteiger partial charge >= 0.3 is 6.09 Å². The van der Waals surface area contributed by atoms with Crippen molar-refractivity contribution in [1.82, 2.24) is 5.32 Å². The van der Waals surface area contributed by atoms with Gasteiger partial charge in [-0.25, -0.2) is 4.79 Å². The second-order valence-corrected chi connectivity index (χ2v) is 8.78. The van der Waals surface area contributed by atoms with E-state index in [-0.39, 0.29) is 6.04 Å². The average Bonchev–Trinajstić information content (AvgIpc) is 2.56. The number of nitrogens with zero attached hydrogens (tertiary/aromatic N) is 2. The first-order valence-electron chi connectivity index (χ1n) is 9.72. The van der Waals surface area contributed by atoms with E-state index < -0.39 is 22.6 Å². The van der Waals surface area contributed by atoms with E-state index >= 15 is 0 Å². The Labute approximate surface area is 161 Å². The number of hydrogen-bond donors (Lipinski definition) is 1. The van der Waals surface area contributed by atoms with Crippen molar-refractivity contribution in [1.29, 1.82) is 0 Å². The second kappa shape index (κ2) is 8.31. The van der Waals surface area contributed by atoms with Gasteiger partial charge in [0.2, 0.25) is 0 Å². The molecule has 0 aliphatic heterocycles. The van der Waals surface area contributed by atoms with E-state index in [2.05, 4.69) is 5.32 Å². The molecule has 1 amide bonds. The normalized spacial score (nSPS) is 16.8. The van der Waals surface area contributed by atoms with Crippen LogP contribution < -0.4 is 26.0 Å². The van der Waals surface area contributed by atoms with Crippen molar-refractivity contribution in [3.05, 3.63) is 20.4 Å². The molecule has 0 aromatic heterocycles. The summed E-state index contributed by atoms with van der Waals surface area (Å²) in [6.45, 7) is 5.97. The highest BCUT2D eigenvalue weighted by Gasteiger charge is 2.31. The fourth-order valence-corrected chi connectivity index (χ4v) is 3.83. The molecule has 1 fully saturated rings. The molecule has 1 atom stereocenters. The van der Waals surface area contributed by atoms with Crippen molar-refractivity contribution in [3.63, 3.8) is 0 Å². The molecular weight excluding hydrogens is 346 g/mol. The van der Waals surface area contributed by atoms with Crippen LogP contribution in [0.25, 0.3) is 0 Å². The predicted octanol–water partition coefficient (Wildman–Crippen LogP) is 2.26.